The molecular weight excluding hydrogens is 320 g/mol. The largest absolute Gasteiger partial charge is 0.403 e. The third-order valence-corrected chi connectivity index (χ3v) is 9.21. The lowest BCUT2D eigenvalue weighted by molar-refractivity contribution is 0.300. The Morgan fingerprint density at radius 3 is 1.68 bits per heavy atom. The molecule has 1 unspecified atom stereocenters. The van der Waals surface area contributed by atoms with Crippen LogP contribution in [0.3, 0.4) is 0 Å². The van der Waals surface area contributed by atoms with Crippen LogP contribution in [0.15, 0.2) is 104 Å². The molecule has 0 spiro atoms. The van der Waals surface area contributed by atoms with E-state index in [0.29, 0.717) is 6.61 Å². The van der Waals surface area contributed by atoms with Gasteiger partial charge in [0.05, 0.1) is 6.61 Å². The highest BCUT2D eigenvalue weighted by Crippen LogP contribution is 2.25. The lowest BCUT2D eigenvalue weighted by atomic mass is 10.2. The summed E-state index contributed by atoms with van der Waals surface area (Å²) in [5.74, 6) is 0. The monoisotopic (exact) mass is 344 g/mol. The zero-order valence-corrected chi connectivity index (χ0v) is 15.6. The third-order valence-electron chi connectivity index (χ3n) is 4.71. The first-order valence-corrected chi connectivity index (χ1v) is 10.7. The van der Waals surface area contributed by atoms with E-state index in [9.17, 15) is 0 Å². The van der Waals surface area contributed by atoms with E-state index in [1.165, 1.54) is 15.9 Å². The predicted octanol–water partition coefficient (Wildman–Crippen LogP) is 4.54. The van der Waals surface area contributed by atoms with Gasteiger partial charge in [-0.3, -0.25) is 0 Å². The fraction of sp³-hybridized carbons (Fsp3) is 0.130. The van der Waals surface area contributed by atoms with Crippen LogP contribution in [-0.4, -0.2) is 8.32 Å². The number of hydrogen-bond acceptors (Lipinski definition) is 1. The van der Waals surface area contributed by atoms with Gasteiger partial charge in [-0.05, 0) is 15.9 Å². The van der Waals surface area contributed by atoms with Gasteiger partial charge in [0.25, 0.3) is 8.32 Å². The van der Waals surface area contributed by atoms with Gasteiger partial charge in [0.15, 0.2) is 0 Å². The average molecular weight is 345 g/mol. The van der Waals surface area contributed by atoms with Crippen molar-refractivity contribution in [3.05, 3.63) is 109 Å². The Labute approximate surface area is 151 Å². The summed E-state index contributed by atoms with van der Waals surface area (Å²) in [5, 5.41) is 2.56. The molecular formula is C23H24OSi. The summed E-state index contributed by atoms with van der Waals surface area (Å²) >= 11 is 0. The first-order valence-electron chi connectivity index (χ1n) is 8.69. The molecule has 3 aromatic rings. The van der Waals surface area contributed by atoms with E-state index in [-0.39, 0.29) is 5.54 Å². The van der Waals surface area contributed by atoms with Gasteiger partial charge >= 0.3 is 0 Å². The van der Waals surface area contributed by atoms with Gasteiger partial charge in [0, 0.05) is 5.54 Å². The summed E-state index contributed by atoms with van der Waals surface area (Å²) in [7, 11) is -2.45. The second-order valence-electron chi connectivity index (χ2n) is 6.27. The molecule has 0 aromatic heterocycles. The third kappa shape index (κ3) is 3.65. The van der Waals surface area contributed by atoms with E-state index in [1.807, 2.05) is 12.1 Å². The number of benzene rings is 3. The number of allylic oxidation sites excluding steroid dienone is 1. The van der Waals surface area contributed by atoms with E-state index in [1.54, 1.807) is 0 Å². The normalized spacial score (nSPS) is 12.5. The Bertz CT molecular complexity index is 745. The molecule has 0 aliphatic carbocycles. The minimum Gasteiger partial charge on any atom is -0.403 e. The van der Waals surface area contributed by atoms with Gasteiger partial charge in [0.2, 0.25) is 0 Å². The Balaban J connectivity index is 2.09. The molecule has 0 saturated heterocycles. The van der Waals surface area contributed by atoms with Gasteiger partial charge in [0.1, 0.15) is 0 Å². The SMILES string of the molecule is C=CC(C)[Si](OCc1ccccc1)(c1ccccc1)c1ccccc1. The zero-order chi connectivity index (χ0) is 17.5. The van der Waals surface area contributed by atoms with Crippen LogP contribution in [0, 0.1) is 0 Å². The standard InChI is InChI=1S/C23H24OSi/c1-3-20(2)25(22-15-9-5-10-16-22,23-17-11-6-12-18-23)24-19-21-13-7-4-8-14-21/h3-18,20H,1,19H2,2H3. The molecule has 0 fully saturated rings. The summed E-state index contributed by atoms with van der Waals surface area (Å²) in [5.41, 5.74) is 1.45. The van der Waals surface area contributed by atoms with Crippen LogP contribution in [0.4, 0.5) is 0 Å². The van der Waals surface area contributed by atoms with Crippen molar-refractivity contribution < 1.29 is 4.43 Å². The van der Waals surface area contributed by atoms with E-state index < -0.39 is 8.32 Å². The van der Waals surface area contributed by atoms with Crippen LogP contribution in [0.1, 0.15) is 12.5 Å². The lowest BCUT2D eigenvalue weighted by Gasteiger charge is -2.36. The van der Waals surface area contributed by atoms with Crippen molar-refractivity contribution >= 4 is 18.7 Å². The highest BCUT2D eigenvalue weighted by Gasteiger charge is 2.43. The molecule has 3 rings (SSSR count). The summed E-state index contributed by atoms with van der Waals surface area (Å²) < 4.78 is 6.81. The predicted molar refractivity (Wildman–Crippen MR) is 109 cm³/mol. The van der Waals surface area contributed by atoms with Crippen LogP contribution in [0.25, 0.3) is 0 Å². The molecule has 0 saturated carbocycles. The summed E-state index contributed by atoms with van der Waals surface area (Å²) in [6.07, 6.45) is 2.04. The smallest absolute Gasteiger partial charge is 0.262 e. The topological polar surface area (TPSA) is 9.23 Å². The zero-order valence-electron chi connectivity index (χ0n) is 14.6. The highest BCUT2D eigenvalue weighted by atomic mass is 28.4. The second-order valence-corrected chi connectivity index (χ2v) is 10.1. The number of rotatable bonds is 7. The molecule has 0 heterocycles. The van der Waals surface area contributed by atoms with Crippen LogP contribution in [0.2, 0.25) is 5.54 Å². The minimum atomic E-state index is -2.45. The quantitative estimate of drug-likeness (QED) is 0.452. The molecule has 126 valence electrons. The fourth-order valence-electron chi connectivity index (χ4n) is 3.30. The average Bonchev–Trinajstić information content (AvgIpc) is 2.70. The molecule has 2 heteroatoms. The Kier molecular flexibility index (Phi) is 5.64. The maximum atomic E-state index is 6.81. The van der Waals surface area contributed by atoms with Crippen molar-refractivity contribution in [3.63, 3.8) is 0 Å². The van der Waals surface area contributed by atoms with E-state index in [0.717, 1.165) is 0 Å². The molecule has 0 aliphatic rings. The van der Waals surface area contributed by atoms with Crippen LogP contribution in [0.5, 0.6) is 0 Å². The molecule has 0 N–H and O–H groups in total. The maximum Gasteiger partial charge on any atom is 0.262 e. The van der Waals surface area contributed by atoms with Gasteiger partial charge in [-0.15, -0.1) is 6.58 Å². The molecule has 0 aliphatic heterocycles. The lowest BCUT2D eigenvalue weighted by Crippen LogP contribution is -2.63. The first kappa shape index (κ1) is 17.4. The second kappa shape index (κ2) is 8.10. The van der Waals surface area contributed by atoms with Crippen LogP contribution in [-0.2, 0) is 11.0 Å². The Morgan fingerprint density at radius 2 is 1.24 bits per heavy atom. The van der Waals surface area contributed by atoms with Crippen molar-refractivity contribution in [2.24, 2.45) is 0 Å². The van der Waals surface area contributed by atoms with Crippen LogP contribution >= 0.6 is 0 Å². The molecule has 0 amide bonds. The maximum absolute atomic E-state index is 6.81. The van der Waals surface area contributed by atoms with Crippen molar-refractivity contribution in [1.29, 1.82) is 0 Å². The molecule has 0 radical (unpaired) electrons. The summed E-state index contributed by atoms with van der Waals surface area (Å²) in [6.45, 7) is 6.92. The molecule has 1 nitrogen and oxygen atoms in total. The van der Waals surface area contributed by atoms with E-state index in [4.69, 9.17) is 4.43 Å². The van der Waals surface area contributed by atoms with Crippen molar-refractivity contribution in [2.75, 3.05) is 0 Å². The highest BCUT2D eigenvalue weighted by molar-refractivity contribution is 6.98. The molecule has 0 bridgehead atoms. The molecule has 25 heavy (non-hydrogen) atoms. The summed E-state index contributed by atoms with van der Waals surface area (Å²) in [4.78, 5) is 0. The van der Waals surface area contributed by atoms with Gasteiger partial charge < -0.3 is 4.43 Å². The van der Waals surface area contributed by atoms with E-state index >= 15 is 0 Å². The van der Waals surface area contributed by atoms with Crippen molar-refractivity contribution in [3.8, 4) is 0 Å². The van der Waals surface area contributed by atoms with Gasteiger partial charge in [-0.1, -0.05) is 104 Å². The van der Waals surface area contributed by atoms with Gasteiger partial charge in [-0.2, -0.15) is 0 Å². The molecule has 1 atom stereocenters. The van der Waals surface area contributed by atoms with E-state index in [2.05, 4.69) is 98.4 Å². The van der Waals surface area contributed by atoms with Crippen LogP contribution < -0.4 is 10.4 Å². The molecule has 3 aromatic carbocycles. The minimum absolute atomic E-state index is 0.251. The summed E-state index contributed by atoms with van der Waals surface area (Å²) in [6, 6.07) is 31.7. The first-order chi connectivity index (χ1) is 12.3. The fourth-order valence-corrected chi connectivity index (χ4v) is 7.38. The Morgan fingerprint density at radius 1 is 0.800 bits per heavy atom. The van der Waals surface area contributed by atoms with Gasteiger partial charge in [-0.25, -0.2) is 0 Å². The number of hydrogen-bond donors (Lipinski definition) is 0. The Hall–Kier alpha value is -2.42. The van der Waals surface area contributed by atoms with Crippen molar-refractivity contribution in [1.82, 2.24) is 0 Å². The van der Waals surface area contributed by atoms with Crippen molar-refractivity contribution in [2.45, 2.75) is 19.1 Å².